The van der Waals surface area contributed by atoms with E-state index in [1.54, 1.807) is 30.5 Å². The van der Waals surface area contributed by atoms with Crippen LogP contribution in [0.5, 0.6) is 0 Å². The van der Waals surface area contributed by atoms with Gasteiger partial charge in [0.1, 0.15) is 4.88 Å². The molecule has 0 aliphatic heterocycles. The number of anilines is 1. The summed E-state index contributed by atoms with van der Waals surface area (Å²) in [5.74, 6) is -1.29. The van der Waals surface area contributed by atoms with Crippen molar-refractivity contribution in [1.29, 1.82) is 0 Å². The van der Waals surface area contributed by atoms with E-state index < -0.39 is 5.97 Å². The first-order valence-corrected chi connectivity index (χ1v) is 6.95. The number of benzene rings is 1. The Kier molecular flexibility index (Phi) is 3.37. The van der Waals surface area contributed by atoms with Gasteiger partial charge in [0.15, 0.2) is 0 Å². The molecular weight excluding hydrogens is 288 g/mol. The van der Waals surface area contributed by atoms with Crippen LogP contribution in [0.15, 0.2) is 48.7 Å². The van der Waals surface area contributed by atoms with Gasteiger partial charge in [-0.3, -0.25) is 9.78 Å². The van der Waals surface area contributed by atoms with Crippen molar-refractivity contribution in [2.75, 3.05) is 5.32 Å². The zero-order valence-electron chi connectivity index (χ0n) is 10.7. The third-order valence-electron chi connectivity index (χ3n) is 2.94. The standard InChI is InChI=1S/C15H10N2O3S/c18-14(17-13-7-6-12(21-13)15(19)20)10-3-1-5-11-9(10)4-2-8-16-11/h1-8H,(H,17,18)(H,19,20). The van der Waals surface area contributed by atoms with E-state index in [0.29, 0.717) is 10.6 Å². The number of nitrogens with one attached hydrogen (secondary N) is 1. The van der Waals surface area contributed by atoms with Gasteiger partial charge in [0.25, 0.3) is 5.91 Å². The van der Waals surface area contributed by atoms with Crippen molar-refractivity contribution in [2.24, 2.45) is 0 Å². The fourth-order valence-corrected chi connectivity index (χ4v) is 2.74. The Morgan fingerprint density at radius 1 is 1.10 bits per heavy atom. The van der Waals surface area contributed by atoms with Gasteiger partial charge >= 0.3 is 5.97 Å². The zero-order valence-corrected chi connectivity index (χ0v) is 11.6. The maximum Gasteiger partial charge on any atom is 0.345 e. The minimum atomic E-state index is -1.00. The van der Waals surface area contributed by atoms with Crippen LogP contribution < -0.4 is 5.32 Å². The summed E-state index contributed by atoms with van der Waals surface area (Å²) >= 11 is 1.02. The lowest BCUT2D eigenvalue weighted by molar-refractivity contribution is 0.0702. The van der Waals surface area contributed by atoms with Crippen molar-refractivity contribution >= 4 is 39.1 Å². The van der Waals surface area contributed by atoms with E-state index in [1.165, 1.54) is 6.07 Å². The molecule has 0 unspecified atom stereocenters. The van der Waals surface area contributed by atoms with E-state index >= 15 is 0 Å². The highest BCUT2D eigenvalue weighted by Gasteiger charge is 2.13. The molecule has 2 N–H and O–H groups in total. The molecule has 21 heavy (non-hydrogen) atoms. The van der Waals surface area contributed by atoms with Crippen molar-refractivity contribution in [3.05, 3.63) is 59.1 Å². The number of carbonyl (C=O) groups excluding carboxylic acids is 1. The largest absolute Gasteiger partial charge is 0.477 e. The van der Waals surface area contributed by atoms with Gasteiger partial charge in [-0.05, 0) is 30.3 Å². The van der Waals surface area contributed by atoms with Crippen LogP contribution in [0.1, 0.15) is 20.0 Å². The number of rotatable bonds is 3. The number of fused-ring (bicyclic) bond motifs is 1. The van der Waals surface area contributed by atoms with Crippen LogP contribution in [0.4, 0.5) is 5.00 Å². The lowest BCUT2D eigenvalue weighted by atomic mass is 10.1. The van der Waals surface area contributed by atoms with Crippen LogP contribution >= 0.6 is 11.3 Å². The average molecular weight is 298 g/mol. The Labute approximate surface area is 123 Å². The molecule has 104 valence electrons. The van der Waals surface area contributed by atoms with Gasteiger partial charge in [-0.1, -0.05) is 12.1 Å². The van der Waals surface area contributed by atoms with Gasteiger partial charge in [0.05, 0.1) is 10.5 Å². The number of aromatic nitrogens is 1. The third kappa shape index (κ3) is 2.61. The number of aromatic carboxylic acids is 1. The first kappa shape index (κ1) is 13.3. The van der Waals surface area contributed by atoms with E-state index in [1.807, 2.05) is 12.1 Å². The molecule has 1 aromatic carbocycles. The fourth-order valence-electron chi connectivity index (χ4n) is 2.00. The molecule has 3 aromatic rings. The molecule has 5 nitrogen and oxygen atoms in total. The Bertz CT molecular complexity index is 836. The number of nitrogens with zero attached hydrogens (tertiary/aromatic N) is 1. The summed E-state index contributed by atoms with van der Waals surface area (Å²) in [6.45, 7) is 0. The minimum Gasteiger partial charge on any atom is -0.477 e. The summed E-state index contributed by atoms with van der Waals surface area (Å²) in [5, 5.41) is 12.8. The Balaban J connectivity index is 1.91. The highest BCUT2D eigenvalue weighted by Crippen LogP contribution is 2.24. The molecule has 2 aromatic heterocycles. The average Bonchev–Trinajstić information content (AvgIpc) is 2.95. The van der Waals surface area contributed by atoms with Gasteiger partial charge in [-0.2, -0.15) is 0 Å². The number of carboxylic acids is 1. The van der Waals surface area contributed by atoms with Gasteiger partial charge in [-0.15, -0.1) is 11.3 Å². The van der Waals surface area contributed by atoms with E-state index in [0.717, 1.165) is 22.2 Å². The highest BCUT2D eigenvalue weighted by molar-refractivity contribution is 7.18. The molecule has 1 amide bonds. The molecule has 0 bridgehead atoms. The van der Waals surface area contributed by atoms with E-state index in [4.69, 9.17) is 5.11 Å². The summed E-state index contributed by atoms with van der Waals surface area (Å²) in [7, 11) is 0. The Morgan fingerprint density at radius 2 is 1.95 bits per heavy atom. The summed E-state index contributed by atoms with van der Waals surface area (Å²) in [6, 6.07) is 12.0. The highest BCUT2D eigenvalue weighted by atomic mass is 32.1. The van der Waals surface area contributed by atoms with E-state index in [-0.39, 0.29) is 10.8 Å². The molecule has 6 heteroatoms. The lowest BCUT2D eigenvalue weighted by Crippen LogP contribution is -2.11. The first-order valence-electron chi connectivity index (χ1n) is 6.13. The third-order valence-corrected chi connectivity index (χ3v) is 3.93. The molecule has 0 saturated carbocycles. The topological polar surface area (TPSA) is 79.3 Å². The SMILES string of the molecule is O=C(O)c1ccc(NC(=O)c2cccc3ncccc23)s1. The summed E-state index contributed by atoms with van der Waals surface area (Å²) in [5.41, 5.74) is 1.24. The normalized spacial score (nSPS) is 10.5. The van der Waals surface area contributed by atoms with Crippen molar-refractivity contribution in [1.82, 2.24) is 4.98 Å². The molecule has 2 heterocycles. The number of pyridine rings is 1. The van der Waals surface area contributed by atoms with Crippen molar-refractivity contribution < 1.29 is 14.7 Å². The fraction of sp³-hybridized carbons (Fsp3) is 0. The Morgan fingerprint density at radius 3 is 2.71 bits per heavy atom. The van der Waals surface area contributed by atoms with Crippen LogP contribution in [0.2, 0.25) is 0 Å². The summed E-state index contributed by atoms with van der Waals surface area (Å²) < 4.78 is 0. The second kappa shape index (κ2) is 5.34. The van der Waals surface area contributed by atoms with Crippen LogP contribution in [-0.2, 0) is 0 Å². The second-order valence-electron chi connectivity index (χ2n) is 4.30. The predicted octanol–water partition coefficient (Wildman–Crippen LogP) is 3.25. The van der Waals surface area contributed by atoms with Crippen molar-refractivity contribution in [3.8, 4) is 0 Å². The number of thiophene rings is 1. The molecule has 0 atom stereocenters. The zero-order chi connectivity index (χ0) is 14.8. The molecule has 0 aliphatic rings. The van der Waals surface area contributed by atoms with Gasteiger partial charge in [-0.25, -0.2) is 4.79 Å². The van der Waals surface area contributed by atoms with Gasteiger partial charge < -0.3 is 10.4 Å². The molecule has 0 spiro atoms. The maximum absolute atomic E-state index is 12.3. The Hall–Kier alpha value is -2.73. The van der Waals surface area contributed by atoms with Gasteiger partial charge in [0, 0.05) is 17.1 Å². The van der Waals surface area contributed by atoms with Crippen LogP contribution in [0.25, 0.3) is 10.9 Å². The monoisotopic (exact) mass is 298 g/mol. The van der Waals surface area contributed by atoms with Crippen LogP contribution in [-0.4, -0.2) is 22.0 Å². The lowest BCUT2D eigenvalue weighted by Gasteiger charge is -2.05. The predicted molar refractivity (Wildman–Crippen MR) is 81.0 cm³/mol. The second-order valence-corrected chi connectivity index (χ2v) is 5.38. The maximum atomic E-state index is 12.3. The number of carboxylic acid groups (broad SMARTS) is 1. The number of hydrogen-bond acceptors (Lipinski definition) is 4. The van der Waals surface area contributed by atoms with Gasteiger partial charge in [0.2, 0.25) is 0 Å². The van der Waals surface area contributed by atoms with E-state index in [9.17, 15) is 9.59 Å². The molecule has 0 saturated heterocycles. The van der Waals surface area contributed by atoms with Crippen LogP contribution in [0.3, 0.4) is 0 Å². The first-order chi connectivity index (χ1) is 10.1. The summed E-state index contributed by atoms with van der Waals surface area (Å²) in [6.07, 6.45) is 1.67. The summed E-state index contributed by atoms with van der Waals surface area (Å²) in [4.78, 5) is 27.6. The molecule has 0 radical (unpaired) electrons. The smallest absolute Gasteiger partial charge is 0.345 e. The quantitative estimate of drug-likeness (QED) is 0.778. The molecule has 0 aliphatic carbocycles. The molecule has 0 fully saturated rings. The number of amides is 1. The number of hydrogen-bond donors (Lipinski definition) is 2. The van der Waals surface area contributed by atoms with Crippen molar-refractivity contribution in [2.45, 2.75) is 0 Å². The minimum absolute atomic E-state index is 0.185. The number of carbonyl (C=O) groups is 2. The molecular formula is C15H10N2O3S. The van der Waals surface area contributed by atoms with Crippen molar-refractivity contribution in [3.63, 3.8) is 0 Å². The molecule has 3 rings (SSSR count). The van der Waals surface area contributed by atoms with Crippen LogP contribution in [0, 0.1) is 0 Å². The van der Waals surface area contributed by atoms with E-state index in [2.05, 4.69) is 10.3 Å².